The highest BCUT2D eigenvalue weighted by atomic mass is 16.2. The van der Waals surface area contributed by atoms with E-state index in [9.17, 15) is 4.79 Å². The van der Waals surface area contributed by atoms with Crippen LogP contribution in [0.5, 0.6) is 0 Å². The van der Waals surface area contributed by atoms with Gasteiger partial charge in [-0.05, 0) is 12.0 Å². The Morgan fingerprint density at radius 3 is 2.79 bits per heavy atom. The molecule has 3 heterocycles. The van der Waals surface area contributed by atoms with E-state index in [2.05, 4.69) is 26.7 Å². The van der Waals surface area contributed by atoms with Crippen LogP contribution in [0.15, 0.2) is 55.2 Å². The maximum atomic E-state index is 13.2. The second-order valence-electron chi connectivity index (χ2n) is 6.03. The van der Waals surface area contributed by atoms with Crippen LogP contribution in [-0.4, -0.2) is 36.5 Å². The lowest BCUT2D eigenvalue weighted by Gasteiger charge is -2.29. The highest BCUT2D eigenvalue weighted by molar-refractivity contribution is 5.93. The summed E-state index contributed by atoms with van der Waals surface area (Å²) in [7, 11) is 1.84. The minimum atomic E-state index is -0.189. The maximum Gasteiger partial charge on any atom is 0.273 e. The first kappa shape index (κ1) is 14.7. The molecule has 0 fully saturated rings. The molecule has 1 aliphatic rings. The van der Waals surface area contributed by atoms with E-state index in [1.807, 2.05) is 42.5 Å². The van der Waals surface area contributed by atoms with Crippen LogP contribution in [0.4, 0.5) is 0 Å². The number of imidazole rings is 2. The Balaban J connectivity index is 1.82. The smallest absolute Gasteiger partial charge is 0.273 e. The molecule has 1 aliphatic heterocycles. The number of amides is 1. The second-order valence-corrected chi connectivity index (χ2v) is 6.03. The van der Waals surface area contributed by atoms with Crippen LogP contribution < -0.4 is 0 Å². The van der Waals surface area contributed by atoms with Gasteiger partial charge in [-0.3, -0.25) is 4.79 Å². The molecular formula is C18H19N5O. The SMILES string of the molecule is Cn1cncc1C(=O)N1CCCn2ccnc2C1c1ccccc1. The Morgan fingerprint density at radius 1 is 1.21 bits per heavy atom. The zero-order chi connectivity index (χ0) is 16.5. The molecule has 24 heavy (non-hydrogen) atoms. The number of fused-ring (bicyclic) bond motifs is 1. The van der Waals surface area contributed by atoms with Crippen molar-refractivity contribution in [3.05, 3.63) is 72.3 Å². The first-order valence-electron chi connectivity index (χ1n) is 8.09. The summed E-state index contributed by atoms with van der Waals surface area (Å²) in [5.41, 5.74) is 1.67. The summed E-state index contributed by atoms with van der Waals surface area (Å²) in [6.07, 6.45) is 7.98. The van der Waals surface area contributed by atoms with Gasteiger partial charge < -0.3 is 14.0 Å². The topological polar surface area (TPSA) is 56.0 Å². The third-order valence-corrected chi connectivity index (χ3v) is 4.51. The molecule has 2 aromatic heterocycles. The van der Waals surface area contributed by atoms with Gasteiger partial charge in [-0.1, -0.05) is 30.3 Å². The number of hydrogen-bond acceptors (Lipinski definition) is 3. The molecule has 0 saturated heterocycles. The molecule has 3 aromatic rings. The Bertz CT molecular complexity index is 851. The molecule has 0 spiro atoms. The van der Waals surface area contributed by atoms with E-state index in [1.54, 1.807) is 17.1 Å². The van der Waals surface area contributed by atoms with Crippen molar-refractivity contribution in [3.63, 3.8) is 0 Å². The predicted octanol–water partition coefficient (Wildman–Crippen LogP) is 2.25. The van der Waals surface area contributed by atoms with E-state index < -0.39 is 0 Å². The fraction of sp³-hybridized carbons (Fsp3) is 0.278. The third kappa shape index (κ3) is 2.40. The molecular weight excluding hydrogens is 302 g/mol. The number of hydrogen-bond donors (Lipinski definition) is 0. The van der Waals surface area contributed by atoms with Crippen molar-refractivity contribution in [2.24, 2.45) is 7.05 Å². The van der Waals surface area contributed by atoms with E-state index in [1.165, 1.54) is 0 Å². The molecule has 1 unspecified atom stereocenters. The van der Waals surface area contributed by atoms with Crippen LogP contribution in [0, 0.1) is 0 Å². The average molecular weight is 321 g/mol. The lowest BCUT2D eigenvalue weighted by atomic mass is 10.0. The molecule has 4 rings (SSSR count). The Labute approximate surface area is 140 Å². The van der Waals surface area contributed by atoms with E-state index >= 15 is 0 Å². The minimum absolute atomic E-state index is 0.0136. The standard InChI is InChI=1S/C18H19N5O/c1-21-13-19-12-15(21)18(24)23-10-5-9-22-11-8-20-17(22)16(23)14-6-3-2-4-7-14/h2-4,6-8,11-13,16H,5,9-10H2,1H3. The van der Waals surface area contributed by atoms with Crippen molar-refractivity contribution in [2.45, 2.75) is 19.0 Å². The average Bonchev–Trinajstić information content (AvgIpc) is 3.20. The summed E-state index contributed by atoms with van der Waals surface area (Å²) in [5, 5.41) is 0. The van der Waals surface area contributed by atoms with Gasteiger partial charge in [0, 0.05) is 32.5 Å². The largest absolute Gasteiger partial charge is 0.333 e. The molecule has 1 atom stereocenters. The number of benzene rings is 1. The molecule has 0 bridgehead atoms. The normalized spacial score (nSPS) is 17.4. The van der Waals surface area contributed by atoms with Gasteiger partial charge in [0.05, 0.1) is 12.5 Å². The van der Waals surface area contributed by atoms with E-state index in [-0.39, 0.29) is 11.9 Å². The molecule has 0 saturated carbocycles. The first-order valence-corrected chi connectivity index (χ1v) is 8.09. The molecule has 122 valence electrons. The van der Waals surface area contributed by atoms with Gasteiger partial charge in [0.15, 0.2) is 0 Å². The molecule has 0 radical (unpaired) electrons. The third-order valence-electron chi connectivity index (χ3n) is 4.51. The molecule has 0 N–H and O–H groups in total. The highest BCUT2D eigenvalue weighted by Crippen LogP contribution is 2.31. The number of carbonyl (C=O) groups excluding carboxylic acids is 1. The van der Waals surface area contributed by atoms with Gasteiger partial charge in [-0.25, -0.2) is 9.97 Å². The first-order chi connectivity index (χ1) is 11.8. The van der Waals surface area contributed by atoms with Crippen LogP contribution in [-0.2, 0) is 13.6 Å². The number of carbonyl (C=O) groups is 1. The van der Waals surface area contributed by atoms with Gasteiger partial charge in [0.1, 0.15) is 17.6 Å². The summed E-state index contributed by atoms with van der Waals surface area (Å²) in [6, 6.07) is 9.91. The van der Waals surface area contributed by atoms with Crippen LogP contribution >= 0.6 is 0 Å². The number of nitrogens with zero attached hydrogens (tertiary/aromatic N) is 5. The van der Waals surface area contributed by atoms with Crippen molar-refractivity contribution in [3.8, 4) is 0 Å². The van der Waals surface area contributed by atoms with Gasteiger partial charge in [-0.2, -0.15) is 0 Å². The Morgan fingerprint density at radius 2 is 2.04 bits per heavy atom. The molecule has 6 heteroatoms. The summed E-state index contributed by atoms with van der Waals surface area (Å²) in [6.45, 7) is 1.56. The second kappa shape index (κ2) is 5.96. The molecule has 0 aliphatic carbocycles. The van der Waals surface area contributed by atoms with Crippen molar-refractivity contribution < 1.29 is 4.79 Å². The number of aromatic nitrogens is 4. The van der Waals surface area contributed by atoms with Crippen molar-refractivity contribution >= 4 is 5.91 Å². The minimum Gasteiger partial charge on any atom is -0.333 e. The van der Waals surface area contributed by atoms with Gasteiger partial charge in [0.25, 0.3) is 5.91 Å². The fourth-order valence-corrected chi connectivity index (χ4v) is 3.33. The summed E-state index contributed by atoms with van der Waals surface area (Å²) >= 11 is 0. The Kier molecular flexibility index (Phi) is 3.65. The number of aryl methyl sites for hydroxylation is 2. The highest BCUT2D eigenvalue weighted by Gasteiger charge is 2.33. The van der Waals surface area contributed by atoms with Crippen LogP contribution in [0.2, 0.25) is 0 Å². The zero-order valence-electron chi connectivity index (χ0n) is 13.5. The monoisotopic (exact) mass is 321 g/mol. The fourth-order valence-electron chi connectivity index (χ4n) is 3.33. The van der Waals surface area contributed by atoms with E-state index in [4.69, 9.17) is 0 Å². The number of rotatable bonds is 2. The van der Waals surface area contributed by atoms with Crippen molar-refractivity contribution in [1.82, 2.24) is 24.0 Å². The van der Waals surface area contributed by atoms with Crippen LogP contribution in [0.1, 0.15) is 34.3 Å². The van der Waals surface area contributed by atoms with Gasteiger partial charge in [-0.15, -0.1) is 0 Å². The lowest BCUT2D eigenvalue weighted by Crippen LogP contribution is -2.37. The summed E-state index contributed by atoms with van der Waals surface area (Å²) < 4.78 is 3.91. The van der Waals surface area contributed by atoms with E-state index in [0.717, 1.165) is 24.4 Å². The van der Waals surface area contributed by atoms with Gasteiger partial charge in [0.2, 0.25) is 0 Å². The summed E-state index contributed by atoms with van der Waals surface area (Å²) in [5.74, 6) is 0.898. The van der Waals surface area contributed by atoms with Crippen LogP contribution in [0.3, 0.4) is 0 Å². The molecule has 1 aromatic carbocycles. The Hall–Kier alpha value is -2.89. The van der Waals surface area contributed by atoms with Crippen molar-refractivity contribution in [2.75, 3.05) is 6.54 Å². The van der Waals surface area contributed by atoms with Gasteiger partial charge >= 0.3 is 0 Å². The lowest BCUT2D eigenvalue weighted by molar-refractivity contribution is 0.0697. The summed E-state index contributed by atoms with van der Waals surface area (Å²) in [4.78, 5) is 23.7. The quantitative estimate of drug-likeness (QED) is 0.727. The van der Waals surface area contributed by atoms with Crippen LogP contribution in [0.25, 0.3) is 0 Å². The molecule has 6 nitrogen and oxygen atoms in total. The zero-order valence-corrected chi connectivity index (χ0v) is 13.5. The maximum absolute atomic E-state index is 13.2. The molecule has 1 amide bonds. The predicted molar refractivity (Wildman–Crippen MR) is 89.4 cm³/mol. The van der Waals surface area contributed by atoms with Crippen molar-refractivity contribution in [1.29, 1.82) is 0 Å². The van der Waals surface area contributed by atoms with E-state index in [0.29, 0.717) is 12.2 Å².